The maximum Gasteiger partial charge on any atom is 0.258 e. The Balaban J connectivity index is 1.60. The van der Waals surface area contributed by atoms with Crippen molar-refractivity contribution in [2.45, 2.75) is 32.5 Å². The molecule has 0 atom stereocenters. The molecule has 2 N–H and O–H groups in total. The van der Waals surface area contributed by atoms with Gasteiger partial charge in [-0.2, -0.15) is 5.10 Å². The van der Waals surface area contributed by atoms with E-state index in [1.54, 1.807) is 46.9 Å². The van der Waals surface area contributed by atoms with Crippen molar-refractivity contribution in [3.8, 4) is 5.75 Å². The molecule has 0 saturated carbocycles. The fourth-order valence-corrected chi connectivity index (χ4v) is 3.45. The molecule has 0 spiro atoms. The van der Waals surface area contributed by atoms with Crippen LogP contribution in [0.4, 0.5) is 5.82 Å². The van der Waals surface area contributed by atoms with Gasteiger partial charge in [0, 0.05) is 18.1 Å². The van der Waals surface area contributed by atoms with E-state index in [1.165, 1.54) is 0 Å². The van der Waals surface area contributed by atoms with Crippen LogP contribution in [0.5, 0.6) is 5.75 Å². The van der Waals surface area contributed by atoms with Gasteiger partial charge in [0.15, 0.2) is 17.4 Å². The van der Waals surface area contributed by atoms with Gasteiger partial charge < -0.3 is 15.4 Å². The zero-order valence-corrected chi connectivity index (χ0v) is 19.5. The van der Waals surface area contributed by atoms with E-state index in [4.69, 9.17) is 16.3 Å². The van der Waals surface area contributed by atoms with Gasteiger partial charge in [0.05, 0.1) is 18.1 Å². The van der Waals surface area contributed by atoms with Crippen molar-refractivity contribution in [2.75, 3.05) is 30.8 Å². The molecule has 31 heavy (non-hydrogen) atoms. The average Bonchev–Trinajstić information content (AvgIpc) is 3.15. The lowest BCUT2D eigenvalue weighted by Gasteiger charge is -2.11. The third-order valence-corrected chi connectivity index (χ3v) is 5.24. The number of hydrogen-bond donors (Lipinski definition) is 2. The standard InChI is InChI=1S/C21H27ClN6O2S/c1-4-31-21-26-19(24-11-14(2)3)17-12-25-28(20(17)27-21)10-9-23-18(29)13-30-16-7-5-15(22)6-8-16/h5-8,12,14H,4,9-11,13H2,1-3H3,(H,23,29)(H,24,26,27). The van der Waals surface area contributed by atoms with Gasteiger partial charge in [-0.05, 0) is 35.9 Å². The summed E-state index contributed by atoms with van der Waals surface area (Å²) in [6.07, 6.45) is 1.77. The number of aromatic nitrogens is 4. The lowest BCUT2D eigenvalue weighted by atomic mass is 10.2. The minimum Gasteiger partial charge on any atom is -0.484 e. The molecule has 0 unspecified atom stereocenters. The second-order valence-electron chi connectivity index (χ2n) is 7.26. The molecule has 1 amide bonds. The van der Waals surface area contributed by atoms with Gasteiger partial charge in [0.25, 0.3) is 5.91 Å². The van der Waals surface area contributed by atoms with Gasteiger partial charge in [-0.3, -0.25) is 4.79 Å². The Labute approximate surface area is 191 Å². The first kappa shape index (κ1) is 23.1. The molecule has 8 nitrogen and oxygen atoms in total. The first-order valence-electron chi connectivity index (χ1n) is 10.2. The van der Waals surface area contributed by atoms with E-state index in [2.05, 4.69) is 46.5 Å². The maximum absolute atomic E-state index is 12.1. The van der Waals surface area contributed by atoms with E-state index in [-0.39, 0.29) is 12.5 Å². The van der Waals surface area contributed by atoms with Gasteiger partial charge in [-0.25, -0.2) is 14.6 Å². The number of nitrogens with one attached hydrogen (secondary N) is 2. The molecule has 2 aromatic heterocycles. The van der Waals surface area contributed by atoms with Gasteiger partial charge in [-0.1, -0.05) is 44.1 Å². The molecule has 0 saturated heterocycles. The summed E-state index contributed by atoms with van der Waals surface area (Å²) < 4.78 is 7.25. The van der Waals surface area contributed by atoms with Crippen LogP contribution in [0.1, 0.15) is 20.8 Å². The lowest BCUT2D eigenvalue weighted by Crippen LogP contribution is -2.31. The summed E-state index contributed by atoms with van der Waals surface area (Å²) in [5.41, 5.74) is 0.754. The predicted molar refractivity (Wildman–Crippen MR) is 125 cm³/mol. The van der Waals surface area contributed by atoms with Crippen molar-refractivity contribution in [3.05, 3.63) is 35.5 Å². The summed E-state index contributed by atoms with van der Waals surface area (Å²) in [6, 6.07) is 6.88. The van der Waals surface area contributed by atoms with Crippen molar-refractivity contribution < 1.29 is 9.53 Å². The summed E-state index contributed by atoms with van der Waals surface area (Å²) in [6.45, 7) is 8.02. The first-order chi connectivity index (χ1) is 15.0. The van der Waals surface area contributed by atoms with E-state index in [0.29, 0.717) is 34.9 Å². The maximum atomic E-state index is 12.1. The predicted octanol–water partition coefficient (Wildman–Crippen LogP) is 3.85. The highest BCUT2D eigenvalue weighted by Crippen LogP contribution is 2.24. The molecular weight excluding hydrogens is 436 g/mol. The minimum absolute atomic E-state index is 0.0653. The fraction of sp³-hybridized carbons (Fsp3) is 0.429. The molecule has 0 fully saturated rings. The molecule has 3 rings (SSSR count). The zero-order chi connectivity index (χ0) is 22.2. The molecule has 0 radical (unpaired) electrons. The Morgan fingerprint density at radius 2 is 2.03 bits per heavy atom. The van der Waals surface area contributed by atoms with Crippen LogP contribution in [0.3, 0.4) is 0 Å². The molecular formula is C21H27ClN6O2S. The van der Waals surface area contributed by atoms with Crippen LogP contribution in [0.2, 0.25) is 5.02 Å². The van der Waals surface area contributed by atoms with E-state index in [0.717, 1.165) is 29.1 Å². The molecule has 2 heterocycles. The van der Waals surface area contributed by atoms with E-state index in [1.807, 2.05) is 0 Å². The highest BCUT2D eigenvalue weighted by molar-refractivity contribution is 7.99. The van der Waals surface area contributed by atoms with Crippen LogP contribution >= 0.6 is 23.4 Å². The SMILES string of the molecule is CCSc1nc(NCC(C)C)c2cnn(CCNC(=O)COc3ccc(Cl)cc3)c2n1. The molecule has 0 aliphatic carbocycles. The Morgan fingerprint density at radius 1 is 1.26 bits per heavy atom. The second kappa shape index (κ2) is 11.2. The van der Waals surface area contributed by atoms with E-state index in [9.17, 15) is 4.79 Å². The van der Waals surface area contributed by atoms with E-state index < -0.39 is 0 Å². The molecule has 0 bridgehead atoms. The summed E-state index contributed by atoms with van der Waals surface area (Å²) >= 11 is 7.43. The number of carbonyl (C=O) groups excluding carboxylic acids is 1. The lowest BCUT2D eigenvalue weighted by molar-refractivity contribution is -0.123. The van der Waals surface area contributed by atoms with Crippen LogP contribution in [0.25, 0.3) is 11.0 Å². The summed E-state index contributed by atoms with van der Waals surface area (Å²) in [4.78, 5) is 21.4. The van der Waals surface area contributed by atoms with Crippen molar-refractivity contribution in [2.24, 2.45) is 5.92 Å². The van der Waals surface area contributed by atoms with Crippen LogP contribution in [-0.4, -0.2) is 51.1 Å². The molecule has 166 valence electrons. The smallest absolute Gasteiger partial charge is 0.258 e. The van der Waals surface area contributed by atoms with Gasteiger partial charge in [0.2, 0.25) is 0 Å². The third kappa shape index (κ3) is 6.73. The highest BCUT2D eigenvalue weighted by atomic mass is 35.5. The summed E-state index contributed by atoms with van der Waals surface area (Å²) in [7, 11) is 0. The Morgan fingerprint density at radius 3 is 2.74 bits per heavy atom. The monoisotopic (exact) mass is 462 g/mol. The largest absolute Gasteiger partial charge is 0.484 e. The number of benzene rings is 1. The topological polar surface area (TPSA) is 94.0 Å². The van der Waals surface area contributed by atoms with Crippen LogP contribution in [0, 0.1) is 5.92 Å². The number of ether oxygens (including phenoxy) is 1. The Bertz CT molecular complexity index is 1010. The number of hydrogen-bond acceptors (Lipinski definition) is 7. The van der Waals surface area contributed by atoms with Crippen molar-refractivity contribution in [1.29, 1.82) is 0 Å². The number of fused-ring (bicyclic) bond motifs is 1. The number of halogens is 1. The molecule has 10 heteroatoms. The fourth-order valence-electron chi connectivity index (χ4n) is 2.76. The van der Waals surface area contributed by atoms with Crippen molar-refractivity contribution in [3.63, 3.8) is 0 Å². The van der Waals surface area contributed by atoms with E-state index >= 15 is 0 Å². The number of thioether (sulfide) groups is 1. The quantitative estimate of drug-likeness (QED) is 0.330. The first-order valence-corrected chi connectivity index (χ1v) is 11.6. The molecule has 3 aromatic rings. The van der Waals surface area contributed by atoms with Gasteiger partial charge in [-0.15, -0.1) is 0 Å². The minimum atomic E-state index is -0.206. The number of rotatable bonds is 11. The molecule has 1 aromatic carbocycles. The average molecular weight is 463 g/mol. The van der Waals surface area contributed by atoms with Gasteiger partial charge >= 0.3 is 0 Å². The Kier molecular flexibility index (Phi) is 8.36. The number of nitrogens with zero attached hydrogens (tertiary/aromatic N) is 4. The Hall–Kier alpha value is -2.52. The normalized spacial score (nSPS) is 11.1. The third-order valence-electron chi connectivity index (χ3n) is 4.26. The van der Waals surface area contributed by atoms with Crippen molar-refractivity contribution >= 4 is 46.1 Å². The molecule has 0 aliphatic rings. The van der Waals surface area contributed by atoms with Gasteiger partial charge in [0.1, 0.15) is 11.6 Å². The number of carbonyl (C=O) groups is 1. The van der Waals surface area contributed by atoms with Crippen LogP contribution < -0.4 is 15.4 Å². The van der Waals surface area contributed by atoms with Crippen molar-refractivity contribution in [1.82, 2.24) is 25.1 Å². The molecule has 0 aliphatic heterocycles. The zero-order valence-electron chi connectivity index (χ0n) is 17.9. The number of anilines is 1. The highest BCUT2D eigenvalue weighted by Gasteiger charge is 2.14. The number of amides is 1. The van der Waals surface area contributed by atoms with Crippen LogP contribution in [-0.2, 0) is 11.3 Å². The second-order valence-corrected chi connectivity index (χ2v) is 8.93. The summed E-state index contributed by atoms with van der Waals surface area (Å²) in [5.74, 6) is 2.56. The van der Waals surface area contributed by atoms with Crippen LogP contribution in [0.15, 0.2) is 35.6 Å². The summed E-state index contributed by atoms with van der Waals surface area (Å²) in [5, 5.41) is 12.9.